The molecule has 0 fully saturated rings. The van der Waals surface area contributed by atoms with Gasteiger partial charge in [0.05, 0.1) is 22.4 Å². The van der Waals surface area contributed by atoms with Gasteiger partial charge in [0.2, 0.25) is 0 Å². The Bertz CT molecular complexity index is 449. The molecule has 1 unspecified atom stereocenters. The number of hydrogen-bond acceptors (Lipinski definition) is 3. The number of aliphatic hydroxyl groups excluding tert-OH is 1. The first-order chi connectivity index (χ1) is 8.62. The van der Waals surface area contributed by atoms with Gasteiger partial charge in [-0.05, 0) is 17.7 Å². The molecular weight excluding hydrogens is 281 g/mol. The molecule has 0 aliphatic heterocycles. The molecular formula is C12H16ClF3N2O. The first kappa shape index (κ1) is 16.1. The van der Waals surface area contributed by atoms with E-state index in [1.807, 2.05) is 13.8 Å². The molecule has 1 aromatic carbocycles. The molecule has 0 heterocycles. The van der Waals surface area contributed by atoms with E-state index in [-0.39, 0.29) is 23.2 Å². The summed E-state index contributed by atoms with van der Waals surface area (Å²) in [5, 5.41) is 12.6. The summed E-state index contributed by atoms with van der Waals surface area (Å²) >= 11 is 5.68. The highest BCUT2D eigenvalue weighted by Crippen LogP contribution is 2.38. The number of nitrogens with one attached hydrogen (secondary N) is 1. The van der Waals surface area contributed by atoms with Gasteiger partial charge in [0.1, 0.15) is 0 Å². The molecule has 108 valence electrons. The van der Waals surface area contributed by atoms with Crippen molar-refractivity contribution in [1.29, 1.82) is 0 Å². The van der Waals surface area contributed by atoms with Crippen LogP contribution >= 0.6 is 11.6 Å². The molecule has 0 saturated carbocycles. The molecule has 0 bridgehead atoms. The highest BCUT2D eigenvalue weighted by molar-refractivity contribution is 6.33. The second kappa shape index (κ2) is 5.98. The minimum Gasteiger partial charge on any atom is -0.397 e. The molecule has 0 spiro atoms. The zero-order valence-corrected chi connectivity index (χ0v) is 11.3. The summed E-state index contributed by atoms with van der Waals surface area (Å²) in [6.07, 6.45) is -5.68. The molecule has 1 atom stereocenters. The van der Waals surface area contributed by atoms with Crippen molar-refractivity contribution >= 4 is 17.3 Å². The highest BCUT2D eigenvalue weighted by Gasteiger charge is 2.34. The van der Waals surface area contributed by atoms with Crippen LogP contribution in [0.15, 0.2) is 12.1 Å². The van der Waals surface area contributed by atoms with Gasteiger partial charge in [0, 0.05) is 12.6 Å². The van der Waals surface area contributed by atoms with Gasteiger partial charge in [-0.25, -0.2) is 0 Å². The molecule has 4 N–H and O–H groups in total. The lowest BCUT2D eigenvalue weighted by Gasteiger charge is -2.18. The summed E-state index contributed by atoms with van der Waals surface area (Å²) in [5.74, 6) is 0. The number of benzene rings is 1. The van der Waals surface area contributed by atoms with Crippen molar-refractivity contribution in [2.24, 2.45) is 0 Å². The fourth-order valence-corrected chi connectivity index (χ4v) is 1.76. The Morgan fingerprint density at radius 3 is 2.42 bits per heavy atom. The Hall–Kier alpha value is -0.980. The van der Waals surface area contributed by atoms with Crippen LogP contribution in [0.5, 0.6) is 0 Å². The number of alkyl halides is 3. The minimum atomic E-state index is -4.60. The van der Waals surface area contributed by atoms with Gasteiger partial charge in [0.15, 0.2) is 0 Å². The Kier molecular flexibility index (Phi) is 5.06. The monoisotopic (exact) mass is 296 g/mol. The van der Waals surface area contributed by atoms with Crippen molar-refractivity contribution in [3.05, 3.63) is 28.3 Å². The molecule has 7 heteroatoms. The van der Waals surface area contributed by atoms with Gasteiger partial charge in [-0.1, -0.05) is 25.4 Å². The summed E-state index contributed by atoms with van der Waals surface area (Å²) in [4.78, 5) is 0. The van der Waals surface area contributed by atoms with Crippen molar-refractivity contribution in [3.8, 4) is 0 Å². The van der Waals surface area contributed by atoms with Gasteiger partial charge >= 0.3 is 6.18 Å². The van der Waals surface area contributed by atoms with E-state index in [9.17, 15) is 18.3 Å². The Labute approximate surface area is 114 Å². The van der Waals surface area contributed by atoms with E-state index in [2.05, 4.69) is 5.32 Å². The van der Waals surface area contributed by atoms with Crippen LogP contribution in [0.2, 0.25) is 5.02 Å². The fraction of sp³-hybridized carbons (Fsp3) is 0.500. The van der Waals surface area contributed by atoms with Gasteiger partial charge in [-0.2, -0.15) is 13.2 Å². The quantitative estimate of drug-likeness (QED) is 0.749. The van der Waals surface area contributed by atoms with Crippen LogP contribution in [0.3, 0.4) is 0 Å². The molecule has 1 rings (SSSR count). The predicted molar refractivity (Wildman–Crippen MR) is 69.0 cm³/mol. The van der Waals surface area contributed by atoms with Crippen molar-refractivity contribution in [1.82, 2.24) is 5.32 Å². The SMILES string of the molecule is CC(C)NCC(O)c1cc(Cl)c(N)c(C(F)(F)F)c1. The maximum Gasteiger partial charge on any atom is 0.418 e. The predicted octanol–water partition coefficient (Wildman–Crippen LogP) is 2.97. The second-order valence-corrected chi connectivity index (χ2v) is 4.95. The van der Waals surface area contributed by atoms with Gasteiger partial charge in [-0.3, -0.25) is 0 Å². The number of halogens is 4. The number of aliphatic hydroxyl groups is 1. The van der Waals surface area contributed by atoms with Crippen LogP contribution in [0.1, 0.15) is 31.1 Å². The normalized spacial score (nSPS) is 13.9. The van der Waals surface area contributed by atoms with E-state index in [1.54, 1.807) is 0 Å². The van der Waals surface area contributed by atoms with Crippen LogP contribution in [0, 0.1) is 0 Å². The molecule has 0 aromatic heterocycles. The maximum absolute atomic E-state index is 12.8. The Balaban J connectivity index is 3.06. The third kappa shape index (κ3) is 4.26. The number of nitrogens with two attached hydrogens (primary N) is 1. The van der Waals surface area contributed by atoms with Crippen LogP contribution < -0.4 is 11.1 Å². The van der Waals surface area contributed by atoms with Gasteiger partial charge < -0.3 is 16.2 Å². The average Bonchev–Trinajstić information content (AvgIpc) is 2.27. The Morgan fingerprint density at radius 2 is 1.95 bits per heavy atom. The van der Waals surface area contributed by atoms with E-state index in [0.717, 1.165) is 6.07 Å². The zero-order valence-electron chi connectivity index (χ0n) is 10.6. The third-order valence-corrected chi connectivity index (χ3v) is 2.87. The lowest BCUT2D eigenvalue weighted by molar-refractivity contribution is -0.137. The number of hydrogen-bond donors (Lipinski definition) is 3. The van der Waals surface area contributed by atoms with Crippen molar-refractivity contribution in [3.63, 3.8) is 0 Å². The summed E-state index contributed by atoms with van der Waals surface area (Å²) < 4.78 is 38.3. The summed E-state index contributed by atoms with van der Waals surface area (Å²) in [6, 6.07) is 2.19. The van der Waals surface area contributed by atoms with E-state index >= 15 is 0 Å². The van der Waals surface area contributed by atoms with Crippen LogP contribution in [0.25, 0.3) is 0 Å². The summed E-state index contributed by atoms with van der Waals surface area (Å²) in [5.41, 5.74) is 3.84. The molecule has 0 aliphatic rings. The van der Waals surface area contributed by atoms with E-state index in [0.29, 0.717) is 0 Å². The highest BCUT2D eigenvalue weighted by atomic mass is 35.5. The molecule has 19 heavy (non-hydrogen) atoms. The number of nitrogen functional groups attached to an aromatic ring is 1. The smallest absolute Gasteiger partial charge is 0.397 e. The first-order valence-corrected chi connectivity index (χ1v) is 6.08. The molecule has 0 radical (unpaired) electrons. The lowest BCUT2D eigenvalue weighted by Crippen LogP contribution is -2.28. The standard InChI is InChI=1S/C12H16ClF3N2O/c1-6(2)18-5-10(19)7-3-8(12(14,15)16)11(17)9(13)4-7/h3-4,6,10,18-19H,5,17H2,1-2H3. The maximum atomic E-state index is 12.8. The number of rotatable bonds is 4. The first-order valence-electron chi connectivity index (χ1n) is 5.70. The summed E-state index contributed by atoms with van der Waals surface area (Å²) in [6.45, 7) is 3.86. The largest absolute Gasteiger partial charge is 0.418 e. The van der Waals surface area contributed by atoms with Crippen molar-refractivity contribution < 1.29 is 18.3 Å². The van der Waals surface area contributed by atoms with E-state index in [1.165, 1.54) is 6.07 Å². The fourth-order valence-electron chi connectivity index (χ4n) is 1.53. The van der Waals surface area contributed by atoms with Crippen molar-refractivity contribution in [2.45, 2.75) is 32.2 Å². The average molecular weight is 297 g/mol. The van der Waals surface area contributed by atoms with Gasteiger partial charge in [-0.15, -0.1) is 0 Å². The van der Waals surface area contributed by atoms with E-state index in [4.69, 9.17) is 17.3 Å². The molecule has 3 nitrogen and oxygen atoms in total. The third-order valence-electron chi connectivity index (χ3n) is 2.56. The van der Waals surface area contributed by atoms with Crippen LogP contribution in [0.4, 0.5) is 18.9 Å². The summed E-state index contributed by atoms with van der Waals surface area (Å²) in [7, 11) is 0. The van der Waals surface area contributed by atoms with Crippen LogP contribution in [-0.4, -0.2) is 17.7 Å². The minimum absolute atomic E-state index is 0.0830. The topological polar surface area (TPSA) is 58.3 Å². The zero-order chi connectivity index (χ0) is 14.8. The molecule has 0 aliphatic carbocycles. The second-order valence-electron chi connectivity index (χ2n) is 4.54. The van der Waals surface area contributed by atoms with Gasteiger partial charge in [0.25, 0.3) is 0 Å². The Morgan fingerprint density at radius 1 is 1.37 bits per heavy atom. The molecule has 1 aromatic rings. The molecule has 0 amide bonds. The lowest BCUT2D eigenvalue weighted by atomic mass is 10.0. The number of anilines is 1. The van der Waals surface area contributed by atoms with Crippen LogP contribution in [-0.2, 0) is 6.18 Å². The van der Waals surface area contributed by atoms with E-state index < -0.39 is 23.5 Å². The molecule has 0 saturated heterocycles. The van der Waals surface area contributed by atoms with Crippen molar-refractivity contribution in [2.75, 3.05) is 12.3 Å².